The first-order valence-corrected chi connectivity index (χ1v) is 3.91. The van der Waals surface area contributed by atoms with Crippen LogP contribution in [0.3, 0.4) is 0 Å². The molecular formula is C8H9ClFN. The predicted molar refractivity (Wildman–Crippen MR) is 43.2 cm³/mol. The zero-order valence-corrected chi connectivity index (χ0v) is 7.03. The maximum Gasteiger partial charge on any atom is 0.146 e. The van der Waals surface area contributed by atoms with Crippen LogP contribution < -0.4 is 0 Å². The number of aromatic nitrogens is 1. The van der Waals surface area contributed by atoms with Gasteiger partial charge in [-0.2, -0.15) is 0 Å². The molecule has 60 valence electrons. The highest BCUT2D eigenvalue weighted by Gasteiger charge is 2.04. The third-order valence-corrected chi connectivity index (χ3v) is 1.78. The standard InChI is InChI=1S/C8H9ClFN/c1-2-3-6-7(9)4-11-5-8(6)10/h4-5H,2-3H2,1H3. The molecule has 0 N–H and O–H groups in total. The monoisotopic (exact) mass is 173 g/mol. The quantitative estimate of drug-likeness (QED) is 0.670. The van der Waals surface area contributed by atoms with Crippen molar-refractivity contribution in [2.24, 2.45) is 0 Å². The second-order valence-electron chi connectivity index (χ2n) is 2.33. The predicted octanol–water partition coefficient (Wildman–Crippen LogP) is 2.83. The Balaban J connectivity index is 3.00. The minimum Gasteiger partial charge on any atom is -0.260 e. The molecule has 0 bridgehead atoms. The summed E-state index contributed by atoms with van der Waals surface area (Å²) in [5, 5.41) is 0.423. The van der Waals surface area contributed by atoms with E-state index in [4.69, 9.17) is 11.6 Å². The molecule has 0 amide bonds. The molecule has 11 heavy (non-hydrogen) atoms. The van der Waals surface area contributed by atoms with Crippen LogP contribution in [0.5, 0.6) is 0 Å². The van der Waals surface area contributed by atoms with Crippen LogP contribution in [0, 0.1) is 5.82 Å². The van der Waals surface area contributed by atoms with Gasteiger partial charge in [0.05, 0.1) is 11.2 Å². The zero-order valence-electron chi connectivity index (χ0n) is 6.27. The van der Waals surface area contributed by atoms with E-state index in [1.807, 2.05) is 6.92 Å². The van der Waals surface area contributed by atoms with E-state index in [0.29, 0.717) is 17.0 Å². The van der Waals surface area contributed by atoms with Gasteiger partial charge in [0.15, 0.2) is 0 Å². The molecule has 1 rings (SSSR count). The highest BCUT2D eigenvalue weighted by atomic mass is 35.5. The van der Waals surface area contributed by atoms with Gasteiger partial charge in [0.1, 0.15) is 5.82 Å². The van der Waals surface area contributed by atoms with Crippen molar-refractivity contribution in [1.29, 1.82) is 0 Å². The van der Waals surface area contributed by atoms with Gasteiger partial charge in [0.2, 0.25) is 0 Å². The van der Waals surface area contributed by atoms with E-state index < -0.39 is 0 Å². The van der Waals surface area contributed by atoms with Gasteiger partial charge in [-0.15, -0.1) is 0 Å². The van der Waals surface area contributed by atoms with Gasteiger partial charge >= 0.3 is 0 Å². The molecule has 0 aromatic carbocycles. The average molecular weight is 174 g/mol. The van der Waals surface area contributed by atoms with Gasteiger partial charge in [0, 0.05) is 11.8 Å². The molecule has 1 heterocycles. The summed E-state index contributed by atoms with van der Waals surface area (Å²) in [4.78, 5) is 3.62. The molecule has 3 heteroatoms. The van der Waals surface area contributed by atoms with Gasteiger partial charge in [-0.25, -0.2) is 4.39 Å². The van der Waals surface area contributed by atoms with E-state index in [1.165, 1.54) is 12.4 Å². The Kier molecular flexibility index (Phi) is 2.83. The molecule has 0 unspecified atom stereocenters. The Morgan fingerprint density at radius 2 is 2.27 bits per heavy atom. The van der Waals surface area contributed by atoms with Crippen LogP contribution >= 0.6 is 11.6 Å². The Morgan fingerprint density at radius 1 is 1.55 bits per heavy atom. The van der Waals surface area contributed by atoms with E-state index in [9.17, 15) is 4.39 Å². The van der Waals surface area contributed by atoms with E-state index in [2.05, 4.69) is 4.98 Å². The maximum absolute atomic E-state index is 12.9. The van der Waals surface area contributed by atoms with Crippen molar-refractivity contribution in [1.82, 2.24) is 4.98 Å². The summed E-state index contributed by atoms with van der Waals surface area (Å²) in [6.07, 6.45) is 4.22. The summed E-state index contributed by atoms with van der Waals surface area (Å²) in [6.45, 7) is 1.98. The van der Waals surface area contributed by atoms with E-state index in [0.717, 1.165) is 6.42 Å². The van der Waals surface area contributed by atoms with Gasteiger partial charge < -0.3 is 0 Å². The molecule has 0 aliphatic carbocycles. The third-order valence-electron chi connectivity index (χ3n) is 1.45. The minimum absolute atomic E-state index is 0.306. The van der Waals surface area contributed by atoms with Gasteiger partial charge in [-0.05, 0) is 6.42 Å². The fraction of sp³-hybridized carbons (Fsp3) is 0.375. The molecule has 0 aliphatic rings. The summed E-state index contributed by atoms with van der Waals surface area (Å²) in [5.41, 5.74) is 0.573. The van der Waals surface area contributed by atoms with Crippen LogP contribution in [0.1, 0.15) is 18.9 Å². The van der Waals surface area contributed by atoms with Crippen molar-refractivity contribution >= 4 is 11.6 Å². The smallest absolute Gasteiger partial charge is 0.146 e. The van der Waals surface area contributed by atoms with Crippen LogP contribution in [0.25, 0.3) is 0 Å². The average Bonchev–Trinajstić information content (AvgIpc) is 1.97. The molecule has 0 fully saturated rings. The molecule has 0 aliphatic heterocycles. The topological polar surface area (TPSA) is 12.9 Å². The molecule has 0 saturated heterocycles. The second-order valence-corrected chi connectivity index (χ2v) is 2.74. The Morgan fingerprint density at radius 3 is 2.82 bits per heavy atom. The molecule has 0 radical (unpaired) electrons. The van der Waals surface area contributed by atoms with Crippen LogP contribution in [-0.2, 0) is 6.42 Å². The van der Waals surface area contributed by atoms with E-state index >= 15 is 0 Å². The van der Waals surface area contributed by atoms with Crippen molar-refractivity contribution < 1.29 is 4.39 Å². The number of rotatable bonds is 2. The van der Waals surface area contributed by atoms with Crippen molar-refractivity contribution in [3.8, 4) is 0 Å². The third kappa shape index (κ3) is 1.90. The summed E-state index contributed by atoms with van der Waals surface area (Å²) in [6, 6.07) is 0. The summed E-state index contributed by atoms with van der Waals surface area (Å²) < 4.78 is 12.9. The molecule has 1 nitrogen and oxygen atoms in total. The number of pyridine rings is 1. The Bertz CT molecular complexity index is 230. The Hall–Kier alpha value is -0.630. The lowest BCUT2D eigenvalue weighted by molar-refractivity contribution is 0.601. The summed E-state index contributed by atoms with van der Waals surface area (Å²) in [7, 11) is 0. The molecule has 1 aromatic rings. The summed E-state index contributed by atoms with van der Waals surface area (Å²) in [5.74, 6) is -0.306. The zero-order chi connectivity index (χ0) is 8.27. The summed E-state index contributed by atoms with van der Waals surface area (Å²) >= 11 is 5.71. The van der Waals surface area contributed by atoms with Gasteiger partial charge in [0.25, 0.3) is 0 Å². The van der Waals surface area contributed by atoms with E-state index in [-0.39, 0.29) is 5.82 Å². The number of hydrogen-bond acceptors (Lipinski definition) is 1. The van der Waals surface area contributed by atoms with Crippen molar-refractivity contribution in [3.63, 3.8) is 0 Å². The first-order valence-electron chi connectivity index (χ1n) is 3.53. The lowest BCUT2D eigenvalue weighted by atomic mass is 10.1. The van der Waals surface area contributed by atoms with Crippen LogP contribution in [-0.4, -0.2) is 4.98 Å². The highest BCUT2D eigenvalue weighted by molar-refractivity contribution is 6.31. The molecule has 0 spiro atoms. The van der Waals surface area contributed by atoms with Gasteiger partial charge in [-0.1, -0.05) is 24.9 Å². The number of nitrogens with zero attached hydrogens (tertiary/aromatic N) is 1. The highest BCUT2D eigenvalue weighted by Crippen LogP contribution is 2.18. The largest absolute Gasteiger partial charge is 0.260 e. The van der Waals surface area contributed by atoms with Crippen LogP contribution in [0.15, 0.2) is 12.4 Å². The van der Waals surface area contributed by atoms with Crippen molar-refractivity contribution in [2.45, 2.75) is 19.8 Å². The minimum atomic E-state index is -0.306. The fourth-order valence-electron chi connectivity index (χ4n) is 0.927. The fourth-order valence-corrected chi connectivity index (χ4v) is 1.17. The SMILES string of the molecule is CCCc1c(F)cncc1Cl. The van der Waals surface area contributed by atoms with Crippen LogP contribution in [0.4, 0.5) is 4.39 Å². The lowest BCUT2D eigenvalue weighted by Crippen LogP contribution is -1.91. The lowest BCUT2D eigenvalue weighted by Gasteiger charge is -2.01. The number of halogens is 2. The molecular weight excluding hydrogens is 165 g/mol. The number of hydrogen-bond donors (Lipinski definition) is 0. The molecule has 1 aromatic heterocycles. The Labute approximate surface area is 70.2 Å². The van der Waals surface area contributed by atoms with Crippen LogP contribution in [0.2, 0.25) is 5.02 Å². The maximum atomic E-state index is 12.9. The van der Waals surface area contributed by atoms with Crippen molar-refractivity contribution in [2.75, 3.05) is 0 Å². The normalized spacial score (nSPS) is 10.1. The van der Waals surface area contributed by atoms with Gasteiger partial charge in [-0.3, -0.25) is 4.98 Å². The molecule has 0 atom stereocenters. The second kappa shape index (κ2) is 3.67. The first-order chi connectivity index (χ1) is 5.25. The first kappa shape index (κ1) is 8.47. The molecule has 0 saturated carbocycles. The van der Waals surface area contributed by atoms with E-state index in [1.54, 1.807) is 0 Å². The van der Waals surface area contributed by atoms with Crippen molar-refractivity contribution in [3.05, 3.63) is 28.8 Å².